The Labute approximate surface area is 272 Å². The Balaban J connectivity index is 0.000000423. The summed E-state index contributed by atoms with van der Waals surface area (Å²) in [6.45, 7) is 20.4. The van der Waals surface area contributed by atoms with Gasteiger partial charge in [0.2, 0.25) is 0 Å². The third-order valence-electron chi connectivity index (χ3n) is 5.76. The van der Waals surface area contributed by atoms with E-state index < -0.39 is 10.1 Å². The van der Waals surface area contributed by atoms with Gasteiger partial charge in [0.1, 0.15) is 44.2 Å². The molecule has 4 rings (SSSR count). The van der Waals surface area contributed by atoms with Gasteiger partial charge in [-0.15, -0.1) is 0 Å². The lowest BCUT2D eigenvalue weighted by molar-refractivity contribution is 0.130. The molecule has 0 heterocycles. The molecule has 0 saturated heterocycles. The van der Waals surface area contributed by atoms with Crippen molar-refractivity contribution >= 4 is 21.0 Å². The Kier molecular flexibility index (Phi) is 11.5. The summed E-state index contributed by atoms with van der Waals surface area (Å²) in [7, 11) is -4.55. The minimum absolute atomic E-state index is 0.178. The average molecular weight is 651 g/mol. The van der Waals surface area contributed by atoms with E-state index in [9.17, 15) is 13.0 Å². The Hall–Kier alpha value is -3.46. The summed E-state index contributed by atoms with van der Waals surface area (Å²) in [4.78, 5) is 3.52. The lowest BCUT2D eigenvalue weighted by Gasteiger charge is -2.22. The fraction of sp³-hybridized carbons (Fsp3) is 0.351. The summed E-state index contributed by atoms with van der Waals surface area (Å²) >= 11 is 0. The largest absolute Gasteiger partial charge is 0.744 e. The van der Waals surface area contributed by atoms with Gasteiger partial charge >= 0.3 is 0 Å². The first-order chi connectivity index (χ1) is 20.7. The lowest BCUT2D eigenvalue weighted by atomic mass is 10.2. The highest BCUT2D eigenvalue weighted by molar-refractivity contribution is 7.97. The van der Waals surface area contributed by atoms with Crippen LogP contribution in [-0.4, -0.2) is 29.8 Å². The van der Waals surface area contributed by atoms with Crippen LogP contribution in [0.15, 0.2) is 117 Å². The van der Waals surface area contributed by atoms with E-state index in [1.54, 1.807) is 12.1 Å². The van der Waals surface area contributed by atoms with Crippen LogP contribution in [-0.2, 0) is 21.0 Å². The van der Waals surface area contributed by atoms with Gasteiger partial charge in [-0.1, -0.05) is 17.7 Å². The van der Waals surface area contributed by atoms with Crippen LogP contribution in [0.5, 0.6) is 17.2 Å². The molecule has 0 radical (unpaired) electrons. The van der Waals surface area contributed by atoms with Gasteiger partial charge in [-0.25, -0.2) is 8.42 Å². The van der Waals surface area contributed by atoms with Crippen molar-refractivity contribution < 1.29 is 27.2 Å². The molecule has 4 aromatic carbocycles. The Morgan fingerprint density at radius 3 is 0.978 bits per heavy atom. The van der Waals surface area contributed by atoms with E-state index in [4.69, 9.17) is 14.2 Å². The first-order valence-corrected chi connectivity index (χ1v) is 17.5. The van der Waals surface area contributed by atoms with Crippen LogP contribution in [0.1, 0.15) is 67.9 Å². The molecule has 45 heavy (non-hydrogen) atoms. The zero-order valence-corrected chi connectivity index (χ0v) is 29.6. The topological polar surface area (TPSA) is 84.9 Å². The smallest absolute Gasteiger partial charge is 0.166 e. The normalized spacial score (nSPS) is 12.3. The van der Waals surface area contributed by atoms with Crippen molar-refractivity contribution in [2.45, 2.75) is 106 Å². The van der Waals surface area contributed by atoms with Crippen LogP contribution in [0.4, 0.5) is 0 Å². The quantitative estimate of drug-likeness (QED) is 0.146. The highest BCUT2D eigenvalue weighted by Crippen LogP contribution is 2.35. The number of hydrogen-bond donors (Lipinski definition) is 0. The predicted octanol–water partition coefficient (Wildman–Crippen LogP) is 9.21. The van der Waals surface area contributed by atoms with E-state index >= 15 is 0 Å². The number of hydrogen-bond acceptors (Lipinski definition) is 6. The van der Waals surface area contributed by atoms with Gasteiger partial charge < -0.3 is 18.8 Å². The highest BCUT2D eigenvalue weighted by Gasteiger charge is 2.29. The molecule has 4 aromatic rings. The molecule has 0 spiro atoms. The molecule has 0 aliphatic rings. The molecule has 0 bridgehead atoms. The van der Waals surface area contributed by atoms with Crippen molar-refractivity contribution in [2.75, 3.05) is 0 Å². The summed E-state index contributed by atoms with van der Waals surface area (Å²) in [5.41, 5.74) is 0.247. The Morgan fingerprint density at radius 2 is 0.756 bits per heavy atom. The maximum absolute atomic E-state index is 10.4. The van der Waals surface area contributed by atoms with E-state index in [1.165, 1.54) is 26.8 Å². The number of rotatable bonds is 7. The van der Waals surface area contributed by atoms with Crippen LogP contribution in [0.25, 0.3) is 0 Å². The van der Waals surface area contributed by atoms with Crippen molar-refractivity contribution in [1.82, 2.24) is 0 Å². The molecule has 0 atom stereocenters. The minimum Gasteiger partial charge on any atom is -0.744 e. The van der Waals surface area contributed by atoms with Gasteiger partial charge in [-0.2, -0.15) is 0 Å². The van der Waals surface area contributed by atoms with Gasteiger partial charge in [-0.05, 0) is 154 Å². The van der Waals surface area contributed by atoms with Gasteiger partial charge in [-0.3, -0.25) is 0 Å². The molecule has 0 aromatic heterocycles. The summed E-state index contributed by atoms with van der Waals surface area (Å²) in [5.74, 6) is 2.63. The van der Waals surface area contributed by atoms with Gasteiger partial charge in [0.05, 0.1) is 15.8 Å². The van der Waals surface area contributed by atoms with Crippen LogP contribution in [0.2, 0.25) is 0 Å². The average Bonchev–Trinajstić information content (AvgIpc) is 2.89. The lowest BCUT2D eigenvalue weighted by Crippen LogP contribution is -2.23. The Morgan fingerprint density at radius 1 is 0.489 bits per heavy atom. The second-order valence-corrected chi connectivity index (χ2v) is 17.0. The molecule has 242 valence electrons. The van der Waals surface area contributed by atoms with Crippen molar-refractivity contribution in [3.05, 3.63) is 103 Å². The number of aryl methyl sites for hydroxylation is 1. The molecule has 8 heteroatoms. The molecule has 0 fully saturated rings. The maximum Gasteiger partial charge on any atom is 0.166 e. The molecular weight excluding hydrogens is 605 g/mol. The second-order valence-electron chi connectivity index (χ2n) is 13.6. The molecule has 0 saturated carbocycles. The van der Waals surface area contributed by atoms with E-state index in [2.05, 4.69) is 135 Å². The Bertz CT molecular complexity index is 1470. The third kappa shape index (κ3) is 12.5. The summed E-state index contributed by atoms with van der Waals surface area (Å²) < 4.78 is 49.3. The first-order valence-electron chi connectivity index (χ1n) is 14.8. The molecular formula is C37H46O6S2. The van der Waals surface area contributed by atoms with Crippen molar-refractivity contribution in [3.63, 3.8) is 0 Å². The fourth-order valence-electron chi connectivity index (χ4n) is 4.11. The van der Waals surface area contributed by atoms with Crippen LogP contribution in [0, 0.1) is 6.92 Å². The van der Waals surface area contributed by atoms with Crippen LogP contribution < -0.4 is 14.2 Å². The second kappa shape index (κ2) is 14.3. The molecule has 0 N–H and O–H groups in total. The molecule has 6 nitrogen and oxygen atoms in total. The summed E-state index contributed by atoms with van der Waals surface area (Å²) in [6, 6.07) is 31.2. The van der Waals surface area contributed by atoms with Crippen LogP contribution >= 0.6 is 0 Å². The number of ether oxygens (including phenoxy) is 3. The standard InChI is InChI=1S/C30H39O3S.C7H8O3S/c1-28(2,3)31-22-10-16-25(17-11-22)34(26-18-12-23(13-19-26)32-29(4,5)6)27-20-14-24(15-21-27)33-30(7,8)9;1-6-2-4-7(5-3-6)11(8,9)10/h10-21H,1-9H3;2-5H,1H3,(H,8,9,10)/q+1;/p-1. The zero-order valence-electron chi connectivity index (χ0n) is 28.0. The molecule has 0 amide bonds. The van der Waals surface area contributed by atoms with Gasteiger partial charge in [0.25, 0.3) is 0 Å². The van der Waals surface area contributed by atoms with Crippen LogP contribution in [0.3, 0.4) is 0 Å². The number of benzene rings is 4. The van der Waals surface area contributed by atoms with E-state index in [1.807, 2.05) is 6.92 Å². The van der Waals surface area contributed by atoms with E-state index in [0.29, 0.717) is 0 Å². The highest BCUT2D eigenvalue weighted by atomic mass is 32.2. The molecule has 0 aliphatic heterocycles. The first kappa shape index (κ1) is 36.0. The van der Waals surface area contributed by atoms with E-state index in [-0.39, 0.29) is 32.6 Å². The van der Waals surface area contributed by atoms with Gasteiger partial charge in [0.15, 0.2) is 14.7 Å². The maximum atomic E-state index is 10.4. The predicted molar refractivity (Wildman–Crippen MR) is 182 cm³/mol. The summed E-state index contributed by atoms with van der Waals surface area (Å²) in [6.07, 6.45) is 0. The van der Waals surface area contributed by atoms with Crippen molar-refractivity contribution in [2.24, 2.45) is 0 Å². The van der Waals surface area contributed by atoms with Gasteiger partial charge in [0, 0.05) is 0 Å². The monoisotopic (exact) mass is 650 g/mol. The van der Waals surface area contributed by atoms with Crippen molar-refractivity contribution in [3.8, 4) is 17.2 Å². The SMILES string of the molecule is CC(C)(C)Oc1ccc([S+](c2ccc(OC(C)(C)C)cc2)c2ccc(OC(C)(C)C)cc2)cc1.Cc1ccc(S(=O)(=O)[O-])cc1. The third-order valence-corrected chi connectivity index (χ3v) is 8.84. The summed E-state index contributed by atoms with van der Waals surface area (Å²) in [5, 5.41) is 0. The minimum atomic E-state index is -4.27. The molecule has 0 unspecified atom stereocenters. The molecule has 0 aliphatic carbocycles. The fourth-order valence-corrected chi connectivity index (χ4v) is 6.62. The zero-order chi connectivity index (χ0) is 33.6. The van der Waals surface area contributed by atoms with Crippen molar-refractivity contribution in [1.29, 1.82) is 0 Å². The van der Waals surface area contributed by atoms with E-state index in [0.717, 1.165) is 22.8 Å².